The molecule has 2 aliphatic rings. The maximum absolute atomic E-state index is 11.9. The molecular formula is C15H15N5O3. The maximum atomic E-state index is 11.9. The SMILES string of the molecule is CC1Nc2ncnc(Nc3ccc4c(c3)OCCO4)c2NC1=O. The van der Waals surface area contributed by atoms with E-state index in [0.29, 0.717) is 36.3 Å². The Morgan fingerprint density at radius 1 is 1.22 bits per heavy atom. The van der Waals surface area contributed by atoms with E-state index in [1.54, 1.807) is 6.92 Å². The second-order valence-corrected chi connectivity index (χ2v) is 5.28. The molecule has 0 radical (unpaired) electrons. The first-order valence-corrected chi connectivity index (χ1v) is 7.30. The minimum absolute atomic E-state index is 0.127. The molecule has 0 fully saturated rings. The van der Waals surface area contributed by atoms with E-state index in [1.807, 2.05) is 18.2 Å². The molecular weight excluding hydrogens is 298 g/mol. The standard InChI is InChI=1S/C15H15N5O3/c1-8-15(21)20-12-13(18-8)16-7-17-14(12)19-9-2-3-10-11(6-9)23-5-4-22-10/h2-3,6-8H,4-5H2,1H3,(H,20,21)(H2,16,17,18,19). The largest absolute Gasteiger partial charge is 0.486 e. The number of carbonyl (C=O) groups excluding carboxylic acids is 1. The number of hydrogen-bond acceptors (Lipinski definition) is 7. The molecule has 1 unspecified atom stereocenters. The number of anilines is 4. The Morgan fingerprint density at radius 2 is 2.04 bits per heavy atom. The molecule has 3 N–H and O–H groups in total. The first-order chi connectivity index (χ1) is 11.2. The van der Waals surface area contributed by atoms with Crippen LogP contribution in [0.4, 0.5) is 23.0 Å². The Bertz CT molecular complexity index is 780. The van der Waals surface area contributed by atoms with E-state index in [4.69, 9.17) is 9.47 Å². The van der Waals surface area contributed by atoms with Crippen molar-refractivity contribution in [1.82, 2.24) is 9.97 Å². The molecule has 0 saturated carbocycles. The fourth-order valence-corrected chi connectivity index (χ4v) is 2.47. The third-order valence-electron chi connectivity index (χ3n) is 3.65. The van der Waals surface area contributed by atoms with Crippen molar-refractivity contribution >= 4 is 28.9 Å². The van der Waals surface area contributed by atoms with Crippen molar-refractivity contribution in [2.24, 2.45) is 0 Å². The lowest BCUT2D eigenvalue weighted by molar-refractivity contribution is -0.116. The van der Waals surface area contributed by atoms with Crippen LogP contribution in [0.3, 0.4) is 0 Å². The van der Waals surface area contributed by atoms with Gasteiger partial charge in [0, 0.05) is 11.8 Å². The molecule has 4 rings (SSSR count). The first-order valence-electron chi connectivity index (χ1n) is 7.30. The smallest absolute Gasteiger partial charge is 0.246 e. The zero-order chi connectivity index (χ0) is 15.8. The van der Waals surface area contributed by atoms with Crippen LogP contribution in [-0.2, 0) is 4.79 Å². The topological polar surface area (TPSA) is 97.4 Å². The van der Waals surface area contributed by atoms with E-state index in [2.05, 4.69) is 25.9 Å². The second kappa shape index (κ2) is 5.31. The van der Waals surface area contributed by atoms with E-state index in [1.165, 1.54) is 6.33 Å². The predicted octanol–water partition coefficient (Wildman–Crippen LogP) is 1.74. The van der Waals surface area contributed by atoms with Gasteiger partial charge in [0.15, 0.2) is 23.1 Å². The monoisotopic (exact) mass is 313 g/mol. The zero-order valence-corrected chi connectivity index (χ0v) is 12.4. The summed E-state index contributed by atoms with van der Waals surface area (Å²) in [5.41, 5.74) is 1.31. The third-order valence-corrected chi connectivity index (χ3v) is 3.65. The summed E-state index contributed by atoms with van der Waals surface area (Å²) in [5.74, 6) is 2.37. The molecule has 1 amide bonds. The Balaban J connectivity index is 1.65. The Kier molecular flexibility index (Phi) is 3.14. The lowest BCUT2D eigenvalue weighted by atomic mass is 10.2. The van der Waals surface area contributed by atoms with Gasteiger partial charge in [-0.05, 0) is 19.1 Å². The van der Waals surface area contributed by atoms with Gasteiger partial charge in [0.25, 0.3) is 0 Å². The summed E-state index contributed by atoms with van der Waals surface area (Å²) in [6, 6.07) is 5.20. The molecule has 8 nitrogen and oxygen atoms in total. The quantitative estimate of drug-likeness (QED) is 0.777. The molecule has 0 bridgehead atoms. The lowest BCUT2D eigenvalue weighted by Gasteiger charge is -2.25. The van der Waals surface area contributed by atoms with E-state index in [9.17, 15) is 4.79 Å². The van der Waals surface area contributed by atoms with Crippen molar-refractivity contribution in [1.29, 1.82) is 0 Å². The summed E-state index contributed by atoms with van der Waals surface area (Å²) >= 11 is 0. The van der Waals surface area contributed by atoms with Gasteiger partial charge >= 0.3 is 0 Å². The van der Waals surface area contributed by atoms with Crippen LogP contribution in [0.2, 0.25) is 0 Å². The molecule has 3 heterocycles. The van der Waals surface area contributed by atoms with Crippen LogP contribution in [-0.4, -0.2) is 35.1 Å². The van der Waals surface area contributed by atoms with Crippen LogP contribution >= 0.6 is 0 Å². The highest BCUT2D eigenvalue weighted by Gasteiger charge is 2.25. The van der Waals surface area contributed by atoms with Crippen LogP contribution in [0.1, 0.15) is 6.92 Å². The molecule has 1 atom stereocenters. The minimum Gasteiger partial charge on any atom is -0.486 e. The van der Waals surface area contributed by atoms with Crippen LogP contribution in [0.15, 0.2) is 24.5 Å². The number of ether oxygens (including phenoxy) is 2. The molecule has 0 aliphatic carbocycles. The number of hydrogen-bond donors (Lipinski definition) is 3. The molecule has 1 aromatic carbocycles. The van der Waals surface area contributed by atoms with Crippen LogP contribution < -0.4 is 25.4 Å². The molecule has 23 heavy (non-hydrogen) atoms. The van der Waals surface area contributed by atoms with Crippen molar-refractivity contribution in [3.63, 3.8) is 0 Å². The summed E-state index contributed by atoms with van der Waals surface area (Å²) in [5, 5.41) is 9.03. The molecule has 0 spiro atoms. The Morgan fingerprint density at radius 3 is 2.91 bits per heavy atom. The lowest BCUT2D eigenvalue weighted by Crippen LogP contribution is -2.37. The van der Waals surface area contributed by atoms with Gasteiger partial charge in [0.05, 0.1) is 0 Å². The second-order valence-electron chi connectivity index (χ2n) is 5.28. The highest BCUT2D eigenvalue weighted by molar-refractivity contribution is 6.05. The molecule has 2 aliphatic heterocycles. The summed E-state index contributed by atoms with van der Waals surface area (Å²) in [7, 11) is 0. The van der Waals surface area contributed by atoms with Gasteiger partial charge in [0.1, 0.15) is 31.3 Å². The molecule has 2 aromatic rings. The number of nitrogens with zero attached hydrogens (tertiary/aromatic N) is 2. The minimum atomic E-state index is -0.334. The summed E-state index contributed by atoms with van der Waals surface area (Å²) in [6.45, 7) is 2.85. The first kappa shape index (κ1) is 13.6. The van der Waals surface area contributed by atoms with Gasteiger partial charge in [-0.1, -0.05) is 0 Å². The Hall–Kier alpha value is -3.03. The summed E-state index contributed by atoms with van der Waals surface area (Å²) < 4.78 is 11.1. The fraction of sp³-hybridized carbons (Fsp3) is 0.267. The molecule has 118 valence electrons. The van der Waals surface area contributed by atoms with Crippen molar-refractivity contribution < 1.29 is 14.3 Å². The van der Waals surface area contributed by atoms with E-state index < -0.39 is 0 Å². The van der Waals surface area contributed by atoms with Crippen molar-refractivity contribution in [3.05, 3.63) is 24.5 Å². The summed E-state index contributed by atoms with van der Waals surface area (Å²) in [4.78, 5) is 20.2. The average molecular weight is 313 g/mol. The normalized spacial score (nSPS) is 18.5. The average Bonchev–Trinajstić information content (AvgIpc) is 2.56. The third kappa shape index (κ3) is 2.48. The number of amides is 1. The summed E-state index contributed by atoms with van der Waals surface area (Å²) in [6.07, 6.45) is 1.44. The number of carbonyl (C=O) groups is 1. The van der Waals surface area contributed by atoms with Gasteiger partial charge < -0.3 is 25.4 Å². The molecule has 0 saturated heterocycles. The van der Waals surface area contributed by atoms with Crippen molar-refractivity contribution in [3.8, 4) is 11.5 Å². The van der Waals surface area contributed by atoms with Crippen LogP contribution in [0.5, 0.6) is 11.5 Å². The fourth-order valence-electron chi connectivity index (χ4n) is 2.47. The highest BCUT2D eigenvalue weighted by atomic mass is 16.6. The number of benzene rings is 1. The van der Waals surface area contributed by atoms with E-state index in [0.717, 1.165) is 11.4 Å². The van der Waals surface area contributed by atoms with Gasteiger partial charge in [-0.3, -0.25) is 4.79 Å². The van der Waals surface area contributed by atoms with Gasteiger partial charge in [-0.25, -0.2) is 9.97 Å². The highest BCUT2D eigenvalue weighted by Crippen LogP contribution is 2.36. The van der Waals surface area contributed by atoms with Gasteiger partial charge in [-0.15, -0.1) is 0 Å². The van der Waals surface area contributed by atoms with Crippen molar-refractivity contribution in [2.45, 2.75) is 13.0 Å². The van der Waals surface area contributed by atoms with E-state index in [-0.39, 0.29) is 11.9 Å². The number of rotatable bonds is 2. The number of aromatic nitrogens is 2. The van der Waals surface area contributed by atoms with Crippen LogP contribution in [0.25, 0.3) is 0 Å². The van der Waals surface area contributed by atoms with E-state index >= 15 is 0 Å². The number of fused-ring (bicyclic) bond motifs is 2. The van der Waals surface area contributed by atoms with Crippen LogP contribution in [0, 0.1) is 0 Å². The molecule has 1 aromatic heterocycles. The maximum Gasteiger partial charge on any atom is 0.246 e. The van der Waals surface area contributed by atoms with Gasteiger partial charge in [-0.2, -0.15) is 0 Å². The molecule has 8 heteroatoms. The number of nitrogens with one attached hydrogen (secondary N) is 3. The van der Waals surface area contributed by atoms with Crippen molar-refractivity contribution in [2.75, 3.05) is 29.2 Å². The Labute approximate surface area is 132 Å². The zero-order valence-electron chi connectivity index (χ0n) is 12.4. The van der Waals surface area contributed by atoms with Gasteiger partial charge in [0.2, 0.25) is 5.91 Å². The predicted molar refractivity (Wildman–Crippen MR) is 84.5 cm³/mol.